The number of nitrogens with one attached hydrogen (secondary N) is 1. The second-order valence-corrected chi connectivity index (χ2v) is 6.43. The predicted octanol–water partition coefficient (Wildman–Crippen LogP) is 3.65. The molecule has 128 valence electrons. The van der Waals surface area contributed by atoms with E-state index in [1.165, 1.54) is 12.1 Å². The first-order chi connectivity index (χ1) is 12.1. The second-order valence-electron chi connectivity index (χ2n) is 6.43. The second kappa shape index (κ2) is 6.20. The Bertz CT molecular complexity index is 919. The van der Waals surface area contributed by atoms with E-state index in [0.29, 0.717) is 17.9 Å². The molecule has 1 aromatic heterocycles. The molecule has 4 rings (SSSR count). The van der Waals surface area contributed by atoms with Crippen LogP contribution in [-0.2, 0) is 0 Å². The number of aromatic amines is 1. The van der Waals surface area contributed by atoms with Gasteiger partial charge in [-0.15, -0.1) is 0 Å². The fraction of sp³-hybridized carbons (Fsp3) is 0.263. The number of nitrogens with two attached hydrogens (primary N) is 1. The summed E-state index contributed by atoms with van der Waals surface area (Å²) >= 11 is 0. The number of halogens is 1. The van der Waals surface area contributed by atoms with E-state index in [1.54, 1.807) is 24.3 Å². The topological polar surface area (TPSA) is 75.0 Å². The summed E-state index contributed by atoms with van der Waals surface area (Å²) in [5.41, 5.74) is 8.22. The van der Waals surface area contributed by atoms with Gasteiger partial charge in [0.15, 0.2) is 5.82 Å². The molecule has 3 aromatic rings. The largest absolute Gasteiger partial charge is 0.382 e. The lowest BCUT2D eigenvalue weighted by molar-refractivity contribution is 0.0611. The summed E-state index contributed by atoms with van der Waals surface area (Å²) in [6, 6.07) is 11.8. The zero-order valence-corrected chi connectivity index (χ0v) is 13.7. The Morgan fingerprint density at radius 3 is 2.80 bits per heavy atom. The van der Waals surface area contributed by atoms with Crippen LogP contribution in [0.25, 0.3) is 10.9 Å². The lowest BCUT2D eigenvalue weighted by atomic mass is 9.94. The monoisotopic (exact) mass is 338 g/mol. The highest BCUT2D eigenvalue weighted by Crippen LogP contribution is 2.32. The van der Waals surface area contributed by atoms with E-state index < -0.39 is 0 Å². The number of anilines is 1. The summed E-state index contributed by atoms with van der Waals surface area (Å²) in [5, 5.41) is 7.56. The van der Waals surface area contributed by atoms with Gasteiger partial charge in [-0.2, -0.15) is 5.10 Å². The number of nitrogen functional groups attached to an aromatic ring is 1. The highest BCUT2D eigenvalue weighted by atomic mass is 19.1. The Kier molecular flexibility index (Phi) is 3.87. The lowest BCUT2D eigenvalue weighted by Crippen LogP contribution is -2.38. The lowest BCUT2D eigenvalue weighted by Gasteiger charge is -2.36. The number of amides is 1. The van der Waals surface area contributed by atoms with Crippen molar-refractivity contribution < 1.29 is 9.18 Å². The van der Waals surface area contributed by atoms with Gasteiger partial charge in [-0.05, 0) is 55.2 Å². The quantitative estimate of drug-likeness (QED) is 0.749. The molecular weight excluding hydrogens is 319 g/mol. The van der Waals surface area contributed by atoms with Crippen molar-refractivity contribution in [2.75, 3.05) is 12.3 Å². The number of aromatic nitrogens is 2. The first kappa shape index (κ1) is 15.6. The number of hydrogen-bond acceptors (Lipinski definition) is 3. The molecule has 1 aliphatic rings. The molecule has 3 N–H and O–H groups in total. The molecule has 1 saturated heterocycles. The number of nitrogens with zero attached hydrogens (tertiary/aromatic N) is 2. The van der Waals surface area contributed by atoms with E-state index in [9.17, 15) is 9.18 Å². The van der Waals surface area contributed by atoms with Crippen LogP contribution < -0.4 is 5.73 Å². The third kappa shape index (κ3) is 2.84. The summed E-state index contributed by atoms with van der Waals surface area (Å²) in [6.07, 6.45) is 2.91. The molecule has 2 aromatic carbocycles. The molecule has 0 spiro atoms. The Morgan fingerprint density at radius 1 is 1.20 bits per heavy atom. The minimum Gasteiger partial charge on any atom is -0.382 e. The molecule has 25 heavy (non-hydrogen) atoms. The molecular formula is C19H19FN4O. The van der Waals surface area contributed by atoms with E-state index in [1.807, 2.05) is 11.0 Å². The third-order valence-corrected chi connectivity index (χ3v) is 4.86. The minimum atomic E-state index is -0.265. The Morgan fingerprint density at radius 2 is 2.00 bits per heavy atom. The maximum atomic E-state index is 13.2. The zero-order chi connectivity index (χ0) is 17.4. The van der Waals surface area contributed by atoms with Crippen molar-refractivity contribution in [1.29, 1.82) is 0 Å². The van der Waals surface area contributed by atoms with Crippen molar-refractivity contribution in [2.24, 2.45) is 0 Å². The van der Waals surface area contributed by atoms with Gasteiger partial charge in [-0.1, -0.05) is 12.1 Å². The molecule has 0 aliphatic carbocycles. The fourth-order valence-corrected chi connectivity index (χ4v) is 3.54. The number of likely N-dealkylation sites (tertiary alicyclic amines) is 1. The molecule has 1 aliphatic heterocycles. The molecule has 0 bridgehead atoms. The average molecular weight is 338 g/mol. The van der Waals surface area contributed by atoms with E-state index >= 15 is 0 Å². The highest BCUT2D eigenvalue weighted by molar-refractivity contribution is 6.00. The first-order valence-electron chi connectivity index (χ1n) is 8.43. The van der Waals surface area contributed by atoms with E-state index in [4.69, 9.17) is 5.73 Å². The van der Waals surface area contributed by atoms with Crippen LogP contribution in [0.1, 0.15) is 41.2 Å². The number of fused-ring (bicyclic) bond motifs is 1. The summed E-state index contributed by atoms with van der Waals surface area (Å²) in [5.74, 6) is 0.0909. The SMILES string of the molecule is Nc1n[nH]c2ccc(C(=O)N3CCCCC3c3ccc(F)cc3)cc12. The number of benzene rings is 2. The summed E-state index contributed by atoms with van der Waals surface area (Å²) in [4.78, 5) is 15.0. The summed E-state index contributed by atoms with van der Waals surface area (Å²) < 4.78 is 13.2. The Balaban J connectivity index is 1.67. The first-order valence-corrected chi connectivity index (χ1v) is 8.43. The van der Waals surface area contributed by atoms with Crippen LogP contribution in [0.15, 0.2) is 42.5 Å². The number of carbonyl (C=O) groups excluding carboxylic acids is 1. The van der Waals surface area contributed by atoms with Crippen LogP contribution in [0.5, 0.6) is 0 Å². The van der Waals surface area contributed by atoms with Gasteiger partial charge < -0.3 is 10.6 Å². The van der Waals surface area contributed by atoms with E-state index in [0.717, 1.165) is 35.7 Å². The van der Waals surface area contributed by atoms with Crippen LogP contribution in [0.3, 0.4) is 0 Å². The normalized spacial score (nSPS) is 17.8. The number of rotatable bonds is 2. The van der Waals surface area contributed by atoms with Gasteiger partial charge in [0.25, 0.3) is 5.91 Å². The number of H-pyrrole nitrogens is 1. The van der Waals surface area contributed by atoms with Crippen molar-refractivity contribution in [3.8, 4) is 0 Å². The summed E-state index contributed by atoms with van der Waals surface area (Å²) in [7, 11) is 0. The molecule has 5 nitrogen and oxygen atoms in total. The standard InChI is InChI=1S/C19H19FN4O/c20-14-7-4-12(5-8-14)17-3-1-2-10-24(17)19(25)13-6-9-16-15(11-13)18(21)23-22-16/h4-9,11,17H,1-3,10H2,(H3,21,22,23). The Hall–Kier alpha value is -2.89. The smallest absolute Gasteiger partial charge is 0.254 e. The molecule has 2 heterocycles. The average Bonchev–Trinajstić information content (AvgIpc) is 3.02. The van der Waals surface area contributed by atoms with Crippen LogP contribution in [0.2, 0.25) is 0 Å². The van der Waals surface area contributed by atoms with Crippen molar-refractivity contribution in [3.63, 3.8) is 0 Å². The predicted molar refractivity (Wildman–Crippen MR) is 94.5 cm³/mol. The molecule has 1 fully saturated rings. The summed E-state index contributed by atoms with van der Waals surface area (Å²) in [6.45, 7) is 0.694. The minimum absolute atomic E-state index is 0.0285. The van der Waals surface area contributed by atoms with Gasteiger partial charge in [0.2, 0.25) is 0 Å². The van der Waals surface area contributed by atoms with Crippen molar-refractivity contribution in [3.05, 3.63) is 59.4 Å². The number of hydrogen-bond donors (Lipinski definition) is 2. The van der Waals surface area contributed by atoms with Crippen molar-refractivity contribution in [2.45, 2.75) is 25.3 Å². The van der Waals surface area contributed by atoms with E-state index in [-0.39, 0.29) is 17.8 Å². The molecule has 0 saturated carbocycles. The zero-order valence-electron chi connectivity index (χ0n) is 13.7. The molecule has 1 unspecified atom stereocenters. The van der Waals surface area contributed by atoms with Crippen molar-refractivity contribution in [1.82, 2.24) is 15.1 Å². The molecule has 0 radical (unpaired) electrons. The van der Waals surface area contributed by atoms with Gasteiger partial charge in [0, 0.05) is 17.5 Å². The Labute approximate surface area is 144 Å². The molecule has 1 atom stereocenters. The van der Waals surface area contributed by atoms with Crippen LogP contribution >= 0.6 is 0 Å². The number of piperidine rings is 1. The van der Waals surface area contributed by atoms with Crippen LogP contribution in [0, 0.1) is 5.82 Å². The van der Waals surface area contributed by atoms with Gasteiger partial charge in [-0.3, -0.25) is 9.89 Å². The third-order valence-electron chi connectivity index (χ3n) is 4.86. The van der Waals surface area contributed by atoms with Gasteiger partial charge in [0.05, 0.1) is 11.6 Å². The van der Waals surface area contributed by atoms with E-state index in [2.05, 4.69) is 10.2 Å². The van der Waals surface area contributed by atoms with Gasteiger partial charge >= 0.3 is 0 Å². The van der Waals surface area contributed by atoms with Crippen LogP contribution in [-0.4, -0.2) is 27.5 Å². The maximum absolute atomic E-state index is 13.2. The van der Waals surface area contributed by atoms with Crippen molar-refractivity contribution >= 4 is 22.6 Å². The van der Waals surface area contributed by atoms with Crippen LogP contribution in [0.4, 0.5) is 10.2 Å². The maximum Gasteiger partial charge on any atom is 0.254 e. The fourth-order valence-electron chi connectivity index (χ4n) is 3.54. The van der Waals surface area contributed by atoms with Gasteiger partial charge in [-0.25, -0.2) is 4.39 Å². The molecule has 6 heteroatoms. The van der Waals surface area contributed by atoms with Gasteiger partial charge in [0.1, 0.15) is 5.82 Å². The number of carbonyl (C=O) groups is 1. The molecule has 1 amide bonds. The highest BCUT2D eigenvalue weighted by Gasteiger charge is 2.29.